The van der Waals surface area contributed by atoms with Gasteiger partial charge in [-0.2, -0.15) is 0 Å². The Morgan fingerprint density at radius 1 is 0.966 bits per heavy atom. The number of piperazine rings is 1. The van der Waals surface area contributed by atoms with Crippen LogP contribution in [0.5, 0.6) is 11.5 Å². The number of furan rings is 1. The van der Waals surface area contributed by atoms with Crippen molar-refractivity contribution >= 4 is 11.7 Å². The lowest BCUT2D eigenvalue weighted by atomic mass is 10.1. The van der Waals surface area contributed by atoms with Crippen LogP contribution in [0.15, 0.2) is 53.1 Å². The lowest BCUT2D eigenvalue weighted by Crippen LogP contribution is -2.49. The summed E-state index contributed by atoms with van der Waals surface area (Å²) in [7, 11) is 3.14. The van der Waals surface area contributed by atoms with Crippen molar-refractivity contribution in [3.8, 4) is 23.0 Å². The minimum absolute atomic E-state index is 0.0406. The quantitative estimate of drug-likeness (QED) is 0.658. The van der Waals surface area contributed by atoms with E-state index in [9.17, 15) is 4.79 Å². The number of carbonyl (C=O) groups excluding carboxylic acids is 1. The van der Waals surface area contributed by atoms with E-state index in [1.807, 2.05) is 29.2 Å². The molecule has 0 bridgehead atoms. The molecule has 0 N–H and O–H groups in total. The summed E-state index contributed by atoms with van der Waals surface area (Å²) in [6.45, 7) is 2.56. The third-order valence-corrected chi connectivity index (χ3v) is 4.91. The van der Waals surface area contributed by atoms with E-state index in [0.29, 0.717) is 54.7 Å². The first kappa shape index (κ1) is 18.8. The topological polar surface area (TPSA) is 80.9 Å². The molecule has 1 aliphatic rings. The number of hydrogen-bond acceptors (Lipinski definition) is 7. The Morgan fingerprint density at radius 3 is 2.24 bits per heavy atom. The van der Waals surface area contributed by atoms with Gasteiger partial charge in [0, 0.05) is 37.8 Å². The van der Waals surface area contributed by atoms with Crippen LogP contribution in [-0.4, -0.2) is 61.4 Å². The monoisotopic (exact) mass is 394 g/mol. The molecule has 8 heteroatoms. The number of rotatable bonds is 5. The smallest absolute Gasteiger partial charge is 0.254 e. The zero-order chi connectivity index (χ0) is 20.2. The van der Waals surface area contributed by atoms with Gasteiger partial charge in [-0.15, -0.1) is 10.2 Å². The number of ether oxygens (including phenoxy) is 2. The Morgan fingerprint density at radius 2 is 1.69 bits per heavy atom. The Labute approximate surface area is 168 Å². The Balaban J connectivity index is 1.41. The van der Waals surface area contributed by atoms with Crippen molar-refractivity contribution in [1.82, 2.24) is 15.1 Å². The van der Waals surface area contributed by atoms with Crippen molar-refractivity contribution in [2.75, 3.05) is 45.3 Å². The molecule has 1 aliphatic heterocycles. The second-order valence-corrected chi connectivity index (χ2v) is 6.63. The number of nitrogens with zero attached hydrogens (tertiary/aromatic N) is 4. The van der Waals surface area contributed by atoms with Crippen LogP contribution in [0.25, 0.3) is 11.5 Å². The van der Waals surface area contributed by atoms with E-state index in [-0.39, 0.29) is 5.91 Å². The lowest BCUT2D eigenvalue weighted by Gasteiger charge is -2.35. The van der Waals surface area contributed by atoms with Gasteiger partial charge >= 0.3 is 0 Å². The van der Waals surface area contributed by atoms with E-state index < -0.39 is 0 Å². The highest BCUT2D eigenvalue weighted by Crippen LogP contribution is 2.24. The predicted octanol–water partition coefficient (Wildman–Crippen LogP) is 2.72. The average Bonchev–Trinajstić information content (AvgIpc) is 3.33. The van der Waals surface area contributed by atoms with Gasteiger partial charge in [-0.25, -0.2) is 0 Å². The molecule has 0 saturated carbocycles. The molecule has 1 saturated heterocycles. The van der Waals surface area contributed by atoms with Gasteiger partial charge in [0.05, 0.1) is 20.5 Å². The summed E-state index contributed by atoms with van der Waals surface area (Å²) in [5.74, 6) is 2.63. The minimum Gasteiger partial charge on any atom is -0.497 e. The number of anilines is 1. The van der Waals surface area contributed by atoms with Crippen molar-refractivity contribution in [3.05, 3.63) is 54.3 Å². The first-order valence-electron chi connectivity index (χ1n) is 9.33. The van der Waals surface area contributed by atoms with E-state index >= 15 is 0 Å². The van der Waals surface area contributed by atoms with Crippen molar-refractivity contribution in [1.29, 1.82) is 0 Å². The number of amides is 1. The molecule has 3 aromatic rings. The number of carbonyl (C=O) groups is 1. The fraction of sp³-hybridized carbons (Fsp3) is 0.286. The molecule has 8 nitrogen and oxygen atoms in total. The number of aromatic nitrogens is 2. The molecule has 2 aromatic heterocycles. The Hall–Kier alpha value is -3.55. The zero-order valence-corrected chi connectivity index (χ0v) is 16.4. The fourth-order valence-corrected chi connectivity index (χ4v) is 3.30. The summed E-state index contributed by atoms with van der Waals surface area (Å²) in [5, 5.41) is 8.55. The number of hydrogen-bond donors (Lipinski definition) is 0. The molecule has 1 fully saturated rings. The van der Waals surface area contributed by atoms with Crippen LogP contribution in [0.3, 0.4) is 0 Å². The molecule has 0 atom stereocenters. The molecular formula is C21H22N4O4. The summed E-state index contributed by atoms with van der Waals surface area (Å²) in [6.07, 6.45) is 1.61. The maximum Gasteiger partial charge on any atom is 0.254 e. The highest BCUT2D eigenvalue weighted by Gasteiger charge is 2.24. The average molecular weight is 394 g/mol. The van der Waals surface area contributed by atoms with Gasteiger partial charge in [0.25, 0.3) is 5.91 Å². The van der Waals surface area contributed by atoms with Crippen molar-refractivity contribution in [3.63, 3.8) is 0 Å². The highest BCUT2D eigenvalue weighted by atomic mass is 16.5. The third kappa shape index (κ3) is 4.01. The fourth-order valence-electron chi connectivity index (χ4n) is 3.30. The summed E-state index contributed by atoms with van der Waals surface area (Å²) in [5.41, 5.74) is 1.25. The van der Waals surface area contributed by atoms with Crippen LogP contribution in [0.2, 0.25) is 0 Å². The highest BCUT2D eigenvalue weighted by molar-refractivity contribution is 5.95. The normalized spacial score (nSPS) is 14.0. The SMILES string of the molecule is COc1cc(OC)cc(C(=O)N2CCN(c3ccc(-c4ccco4)nn3)CC2)c1. The summed E-state index contributed by atoms with van der Waals surface area (Å²) in [6, 6.07) is 12.7. The maximum atomic E-state index is 12.9. The first-order valence-corrected chi connectivity index (χ1v) is 9.33. The number of methoxy groups -OCH3 is 2. The van der Waals surface area contributed by atoms with Crippen molar-refractivity contribution in [2.24, 2.45) is 0 Å². The molecule has 1 amide bonds. The molecule has 0 unspecified atom stereocenters. The minimum atomic E-state index is -0.0406. The molecule has 3 heterocycles. The van der Waals surface area contributed by atoms with Gasteiger partial charge in [-0.3, -0.25) is 4.79 Å². The molecule has 1 aromatic carbocycles. The summed E-state index contributed by atoms with van der Waals surface area (Å²) >= 11 is 0. The van der Waals surface area contributed by atoms with Crippen molar-refractivity contribution in [2.45, 2.75) is 0 Å². The van der Waals surface area contributed by atoms with Crippen LogP contribution in [0.4, 0.5) is 5.82 Å². The molecule has 0 radical (unpaired) electrons. The van der Waals surface area contributed by atoms with Crippen LogP contribution in [0.1, 0.15) is 10.4 Å². The van der Waals surface area contributed by atoms with E-state index in [1.165, 1.54) is 0 Å². The van der Waals surface area contributed by atoms with E-state index in [0.717, 1.165) is 5.82 Å². The van der Waals surface area contributed by atoms with Crippen LogP contribution in [-0.2, 0) is 0 Å². The van der Waals surface area contributed by atoms with Gasteiger partial charge in [-0.1, -0.05) is 0 Å². The molecule has 4 rings (SSSR count). The zero-order valence-electron chi connectivity index (χ0n) is 16.4. The van der Waals surface area contributed by atoms with Crippen LogP contribution < -0.4 is 14.4 Å². The standard InChI is InChI=1S/C21H22N4O4/c1-27-16-12-15(13-17(14-16)28-2)21(26)25-9-7-24(8-10-25)20-6-5-18(22-23-20)19-4-3-11-29-19/h3-6,11-14H,7-10H2,1-2H3. The largest absolute Gasteiger partial charge is 0.497 e. The number of benzene rings is 1. The van der Waals surface area contributed by atoms with Gasteiger partial charge in [0.1, 0.15) is 17.2 Å². The van der Waals surface area contributed by atoms with Crippen LogP contribution >= 0.6 is 0 Å². The molecule has 150 valence electrons. The summed E-state index contributed by atoms with van der Waals surface area (Å²) in [4.78, 5) is 16.9. The first-order chi connectivity index (χ1) is 14.2. The molecule has 29 heavy (non-hydrogen) atoms. The Kier molecular flexibility index (Phi) is 5.33. The maximum absolute atomic E-state index is 12.9. The lowest BCUT2D eigenvalue weighted by molar-refractivity contribution is 0.0745. The molecule has 0 spiro atoms. The van der Waals surface area contributed by atoms with Crippen molar-refractivity contribution < 1.29 is 18.7 Å². The molecule has 0 aliphatic carbocycles. The van der Waals surface area contributed by atoms with Gasteiger partial charge in [0.15, 0.2) is 11.6 Å². The van der Waals surface area contributed by atoms with E-state index in [4.69, 9.17) is 13.9 Å². The second kappa shape index (κ2) is 8.22. The summed E-state index contributed by atoms with van der Waals surface area (Å²) < 4.78 is 15.9. The van der Waals surface area contributed by atoms with Gasteiger partial charge in [0.2, 0.25) is 0 Å². The Bertz CT molecular complexity index is 943. The van der Waals surface area contributed by atoms with E-state index in [1.54, 1.807) is 38.7 Å². The second-order valence-electron chi connectivity index (χ2n) is 6.63. The third-order valence-electron chi connectivity index (χ3n) is 4.91. The molecular weight excluding hydrogens is 372 g/mol. The van der Waals surface area contributed by atoms with E-state index in [2.05, 4.69) is 15.1 Å². The predicted molar refractivity (Wildman–Crippen MR) is 107 cm³/mol. The van der Waals surface area contributed by atoms with Gasteiger partial charge < -0.3 is 23.7 Å². The van der Waals surface area contributed by atoms with Gasteiger partial charge in [-0.05, 0) is 36.4 Å². The van der Waals surface area contributed by atoms with Crippen LogP contribution in [0, 0.1) is 0 Å².